The molecule has 0 radical (unpaired) electrons. The summed E-state index contributed by atoms with van der Waals surface area (Å²) in [5.74, 6) is 5.32. The third-order valence-electron chi connectivity index (χ3n) is 1.06. The minimum Gasteiger partial charge on any atom is -0.396 e. The fourth-order valence-corrected chi connectivity index (χ4v) is 0.516. The van der Waals surface area contributed by atoms with E-state index in [0.29, 0.717) is 17.2 Å². The Labute approximate surface area is 57.4 Å². The molecule has 0 amide bonds. The Morgan fingerprint density at radius 1 is 1.40 bits per heavy atom. The summed E-state index contributed by atoms with van der Waals surface area (Å²) in [7, 11) is 0. The van der Waals surface area contributed by atoms with Gasteiger partial charge in [-0.1, -0.05) is 0 Å². The van der Waals surface area contributed by atoms with Gasteiger partial charge in [0.1, 0.15) is 5.69 Å². The summed E-state index contributed by atoms with van der Waals surface area (Å²) in [6.45, 7) is 0. The monoisotopic (exact) mass is 140 g/mol. The van der Waals surface area contributed by atoms with Gasteiger partial charge < -0.3 is 16.9 Å². The van der Waals surface area contributed by atoms with Crippen LogP contribution < -0.4 is 22.7 Å². The molecule has 0 fully saturated rings. The van der Waals surface area contributed by atoms with Crippen LogP contribution in [-0.4, -0.2) is 10.2 Å². The highest BCUT2D eigenvalue weighted by molar-refractivity contribution is 5.73. The second kappa shape index (κ2) is 2.36. The molecule has 1 rings (SSSR count). The fourth-order valence-electron chi connectivity index (χ4n) is 0.516. The first-order chi connectivity index (χ1) is 4.75. The minimum absolute atomic E-state index is 0.292. The Balaban J connectivity index is 3.14. The number of hydrazine groups is 1. The first-order valence-electron chi connectivity index (χ1n) is 2.59. The number of hydrogen-bond acceptors (Lipinski definition) is 6. The SMILES string of the molecule is NNc1nncc(N)c1N. The van der Waals surface area contributed by atoms with Crippen molar-refractivity contribution in [3.63, 3.8) is 0 Å². The maximum Gasteiger partial charge on any atom is 0.187 e. The van der Waals surface area contributed by atoms with Crippen LogP contribution in [0.4, 0.5) is 17.2 Å². The molecule has 1 heterocycles. The van der Waals surface area contributed by atoms with Gasteiger partial charge in [0.15, 0.2) is 5.82 Å². The lowest BCUT2D eigenvalue weighted by molar-refractivity contribution is 1.03. The summed E-state index contributed by atoms with van der Waals surface area (Å²) in [5.41, 5.74) is 13.7. The van der Waals surface area contributed by atoms with E-state index >= 15 is 0 Å². The van der Waals surface area contributed by atoms with Gasteiger partial charge in [-0.05, 0) is 0 Å². The van der Waals surface area contributed by atoms with Gasteiger partial charge in [0.2, 0.25) is 0 Å². The molecule has 0 atom stereocenters. The number of nitrogens with zero attached hydrogens (tertiary/aromatic N) is 2. The van der Waals surface area contributed by atoms with Crippen molar-refractivity contribution in [2.24, 2.45) is 5.84 Å². The number of aromatic nitrogens is 2. The predicted molar refractivity (Wildman–Crippen MR) is 38.7 cm³/mol. The number of hydrogen-bond donors (Lipinski definition) is 4. The third-order valence-corrected chi connectivity index (χ3v) is 1.06. The molecule has 0 aliphatic carbocycles. The first-order valence-corrected chi connectivity index (χ1v) is 2.59. The zero-order chi connectivity index (χ0) is 7.56. The minimum atomic E-state index is 0.292. The molecule has 7 N–H and O–H groups in total. The molecule has 6 heteroatoms. The van der Waals surface area contributed by atoms with Crippen LogP contribution in [0.5, 0.6) is 0 Å². The number of nitrogen functional groups attached to an aromatic ring is 3. The molecule has 1 aromatic rings. The Kier molecular flexibility index (Phi) is 1.55. The molecule has 0 saturated heterocycles. The average molecular weight is 140 g/mol. The summed E-state index contributed by atoms with van der Waals surface area (Å²) in [4.78, 5) is 0. The normalized spacial score (nSPS) is 9.30. The fraction of sp³-hybridized carbons (Fsp3) is 0. The number of rotatable bonds is 1. The van der Waals surface area contributed by atoms with Crippen molar-refractivity contribution in [1.82, 2.24) is 10.2 Å². The van der Waals surface area contributed by atoms with Crippen LogP contribution in [0.15, 0.2) is 6.20 Å². The van der Waals surface area contributed by atoms with Crippen molar-refractivity contribution in [2.75, 3.05) is 16.9 Å². The lowest BCUT2D eigenvalue weighted by atomic mass is 10.4. The maximum atomic E-state index is 5.42. The predicted octanol–water partition coefficient (Wildman–Crippen LogP) is -1.07. The van der Waals surface area contributed by atoms with Crippen molar-refractivity contribution in [3.05, 3.63) is 6.20 Å². The number of nitrogens with two attached hydrogens (primary N) is 3. The topological polar surface area (TPSA) is 116 Å². The highest BCUT2D eigenvalue weighted by Crippen LogP contribution is 2.18. The lowest BCUT2D eigenvalue weighted by Gasteiger charge is -2.02. The third kappa shape index (κ3) is 0.914. The van der Waals surface area contributed by atoms with Crippen LogP contribution in [0.3, 0.4) is 0 Å². The second-order valence-corrected chi connectivity index (χ2v) is 1.71. The van der Waals surface area contributed by atoms with Gasteiger partial charge in [-0.15, -0.1) is 5.10 Å². The molecule has 1 aromatic heterocycles. The standard InChI is InChI=1S/C4H8N6/c5-2-1-8-10-4(9-7)3(2)6/h1H,7H2,(H2,6,8)(H3,5,9,10). The van der Waals surface area contributed by atoms with Crippen molar-refractivity contribution in [3.8, 4) is 0 Å². The highest BCUT2D eigenvalue weighted by atomic mass is 15.3. The number of nitrogens with one attached hydrogen (secondary N) is 1. The van der Waals surface area contributed by atoms with E-state index in [9.17, 15) is 0 Å². The van der Waals surface area contributed by atoms with E-state index in [1.807, 2.05) is 0 Å². The molecule has 0 spiro atoms. The number of anilines is 3. The van der Waals surface area contributed by atoms with Gasteiger partial charge in [0.25, 0.3) is 0 Å². The van der Waals surface area contributed by atoms with Crippen molar-refractivity contribution >= 4 is 17.2 Å². The molecule has 0 aromatic carbocycles. The first kappa shape index (κ1) is 6.56. The Bertz CT molecular complexity index is 233. The van der Waals surface area contributed by atoms with Crippen molar-refractivity contribution < 1.29 is 0 Å². The van der Waals surface area contributed by atoms with E-state index in [1.165, 1.54) is 6.20 Å². The average Bonchev–Trinajstić information content (AvgIpc) is 1.95. The van der Waals surface area contributed by atoms with Crippen molar-refractivity contribution in [1.29, 1.82) is 0 Å². The summed E-state index contributed by atoms with van der Waals surface area (Å²) in [6, 6.07) is 0. The quantitative estimate of drug-likeness (QED) is 0.291. The largest absolute Gasteiger partial charge is 0.396 e. The van der Waals surface area contributed by atoms with Gasteiger partial charge in [0, 0.05) is 0 Å². The second-order valence-electron chi connectivity index (χ2n) is 1.71. The Morgan fingerprint density at radius 3 is 2.60 bits per heavy atom. The van der Waals surface area contributed by atoms with Crippen LogP contribution >= 0.6 is 0 Å². The van der Waals surface area contributed by atoms with Crippen LogP contribution in [0, 0.1) is 0 Å². The summed E-state index contributed by atoms with van der Waals surface area (Å²) < 4.78 is 0. The van der Waals surface area contributed by atoms with E-state index in [4.69, 9.17) is 17.3 Å². The molecule has 10 heavy (non-hydrogen) atoms. The molecule has 0 aliphatic heterocycles. The molecule has 0 unspecified atom stereocenters. The summed E-state index contributed by atoms with van der Waals surface area (Å²) >= 11 is 0. The van der Waals surface area contributed by atoms with Crippen LogP contribution in [0.25, 0.3) is 0 Å². The van der Waals surface area contributed by atoms with Gasteiger partial charge in [0.05, 0.1) is 11.9 Å². The zero-order valence-corrected chi connectivity index (χ0v) is 5.20. The van der Waals surface area contributed by atoms with E-state index in [0.717, 1.165) is 0 Å². The van der Waals surface area contributed by atoms with Gasteiger partial charge in [-0.2, -0.15) is 5.10 Å². The Morgan fingerprint density at radius 2 is 2.10 bits per heavy atom. The smallest absolute Gasteiger partial charge is 0.187 e. The lowest BCUT2D eigenvalue weighted by Crippen LogP contribution is -2.12. The highest BCUT2D eigenvalue weighted by Gasteiger charge is 2.00. The van der Waals surface area contributed by atoms with E-state index in [-0.39, 0.29) is 0 Å². The Hall–Kier alpha value is -1.56. The van der Waals surface area contributed by atoms with Crippen LogP contribution in [-0.2, 0) is 0 Å². The molecular weight excluding hydrogens is 132 g/mol. The summed E-state index contributed by atoms with van der Waals surface area (Å²) in [6.07, 6.45) is 1.36. The van der Waals surface area contributed by atoms with Gasteiger partial charge in [-0.3, -0.25) is 0 Å². The van der Waals surface area contributed by atoms with Crippen LogP contribution in [0.1, 0.15) is 0 Å². The molecule has 0 aliphatic rings. The van der Waals surface area contributed by atoms with E-state index in [1.54, 1.807) is 0 Å². The molecule has 54 valence electrons. The van der Waals surface area contributed by atoms with Gasteiger partial charge >= 0.3 is 0 Å². The maximum absolute atomic E-state index is 5.42. The van der Waals surface area contributed by atoms with E-state index < -0.39 is 0 Å². The van der Waals surface area contributed by atoms with E-state index in [2.05, 4.69) is 15.6 Å². The van der Waals surface area contributed by atoms with Crippen molar-refractivity contribution in [2.45, 2.75) is 0 Å². The van der Waals surface area contributed by atoms with Gasteiger partial charge in [-0.25, -0.2) is 5.84 Å². The molecule has 6 nitrogen and oxygen atoms in total. The molecule has 0 bridgehead atoms. The zero-order valence-electron chi connectivity index (χ0n) is 5.20. The molecular formula is C4H8N6. The summed E-state index contributed by atoms with van der Waals surface area (Å²) in [5, 5.41) is 7.08. The molecule has 0 saturated carbocycles. The van der Waals surface area contributed by atoms with Crippen LogP contribution in [0.2, 0.25) is 0 Å².